The molecule has 0 aliphatic rings. The van der Waals surface area contributed by atoms with Crippen LogP contribution in [0.15, 0.2) is 120 Å². The van der Waals surface area contributed by atoms with Gasteiger partial charge in [-0.25, -0.2) is 4.68 Å². The summed E-state index contributed by atoms with van der Waals surface area (Å²) in [4.78, 5) is 14.1. The molecule has 0 unspecified atom stereocenters. The minimum absolute atomic E-state index is 0.0642. The molecule has 0 spiro atoms. The zero-order chi connectivity index (χ0) is 42.2. The maximum atomic E-state index is 14.1. The van der Waals surface area contributed by atoms with Gasteiger partial charge in [-0.3, -0.25) is 4.79 Å². The van der Waals surface area contributed by atoms with E-state index in [1.165, 1.54) is 76.0 Å². The number of aromatic nitrogens is 6. The summed E-state index contributed by atoms with van der Waals surface area (Å²) in [7, 11) is 0. The number of fused-ring (bicyclic) bond motifs is 1. The van der Waals surface area contributed by atoms with Crippen molar-refractivity contribution in [1.82, 2.24) is 25.3 Å². The fourth-order valence-electron chi connectivity index (χ4n) is 7.43. The number of nitrogens with one attached hydrogen (secondary N) is 2. The molecular formula is C49H56N7O4S+. The summed E-state index contributed by atoms with van der Waals surface area (Å²) in [6.07, 6.45) is 15.2. The van der Waals surface area contributed by atoms with E-state index in [2.05, 4.69) is 27.8 Å². The minimum Gasteiger partial charge on any atom is -0.506 e. The Morgan fingerprint density at radius 2 is 1.39 bits per heavy atom. The molecule has 5 aromatic carbocycles. The Balaban J connectivity index is 1.07. The van der Waals surface area contributed by atoms with Crippen molar-refractivity contribution in [3.8, 4) is 34.5 Å². The Kier molecular flexibility index (Phi) is 15.4. The quantitative estimate of drug-likeness (QED) is 0.0330. The number of carbonyl (C=O) groups is 1. The van der Waals surface area contributed by atoms with Gasteiger partial charge in [-0.15, -0.1) is 4.68 Å². The number of aryl methyl sites for hydroxylation is 1. The smallest absolute Gasteiger partial charge is 0.365 e. The molecule has 0 bridgehead atoms. The zero-order valence-electron chi connectivity index (χ0n) is 35.2. The van der Waals surface area contributed by atoms with E-state index in [0.717, 1.165) is 35.5 Å². The monoisotopic (exact) mass is 838 g/mol. The van der Waals surface area contributed by atoms with Crippen molar-refractivity contribution in [2.45, 2.75) is 102 Å². The van der Waals surface area contributed by atoms with Gasteiger partial charge in [0.25, 0.3) is 5.91 Å². The number of aromatic hydroxyl groups is 1. The SMILES string of the molecule is CCCCCCCCCCCCCCOc1ccccc1NC(=O)c1cc(Oc2c(CSc3nn[nH][n+]3-c3ccccc3)c(C)nn2-c2ccccc2)c2ccccc2c1O. The highest BCUT2D eigenvalue weighted by molar-refractivity contribution is 7.98. The first kappa shape index (κ1) is 43.0. The molecule has 0 aliphatic carbocycles. The Morgan fingerprint density at radius 1 is 0.770 bits per heavy atom. The van der Waals surface area contributed by atoms with E-state index in [1.54, 1.807) is 16.8 Å². The predicted molar refractivity (Wildman–Crippen MR) is 242 cm³/mol. The molecule has 11 nitrogen and oxygen atoms in total. The van der Waals surface area contributed by atoms with Gasteiger partial charge < -0.3 is 19.9 Å². The molecule has 7 rings (SSSR count). The molecule has 2 heterocycles. The fourth-order valence-corrected chi connectivity index (χ4v) is 8.41. The standard InChI is InChI=1S/C49H55N7O4S/c1-3-4-5-6-7-8-9-10-11-12-13-24-33-59-44-32-23-22-31-43(44)50-47(58)41-34-45(39-29-20-21-30-40(39)46(41)57)60-48-42(36(2)52-55(48)37-25-16-14-17-26-37)35-61-49-51-53-54-56(49)38-27-18-15-19-28-38/h14-23,25-32,34H,3-13,24,33,35H2,1-2H3,(H2,50,57,58)/p+1. The lowest BCUT2D eigenvalue weighted by Gasteiger charge is -2.17. The Labute approximate surface area is 362 Å². The molecule has 0 saturated heterocycles. The number of unbranched alkanes of at least 4 members (excludes halogenated alkanes) is 11. The summed E-state index contributed by atoms with van der Waals surface area (Å²) < 4.78 is 16.7. The predicted octanol–water partition coefficient (Wildman–Crippen LogP) is 11.9. The average Bonchev–Trinajstić information content (AvgIpc) is 3.89. The van der Waals surface area contributed by atoms with E-state index in [4.69, 9.17) is 14.6 Å². The number of nitrogens with zero attached hydrogens (tertiary/aromatic N) is 5. The van der Waals surface area contributed by atoms with Gasteiger partial charge in [0.15, 0.2) is 5.21 Å². The van der Waals surface area contributed by atoms with Gasteiger partial charge in [0.1, 0.15) is 28.0 Å². The molecule has 0 aliphatic heterocycles. The van der Waals surface area contributed by atoms with Crippen LogP contribution in [0.3, 0.4) is 0 Å². The minimum atomic E-state index is -0.491. The summed E-state index contributed by atoms with van der Waals surface area (Å²) in [6.45, 7) is 4.77. The number of H-pyrrole nitrogens is 1. The van der Waals surface area contributed by atoms with Crippen molar-refractivity contribution in [2.24, 2.45) is 0 Å². The van der Waals surface area contributed by atoms with Gasteiger partial charge in [-0.05, 0) is 67.6 Å². The lowest BCUT2D eigenvalue weighted by atomic mass is 10.0. The van der Waals surface area contributed by atoms with Crippen molar-refractivity contribution >= 4 is 34.1 Å². The number of hydrogen-bond donors (Lipinski definition) is 3. The summed E-state index contributed by atoms with van der Waals surface area (Å²) in [5.41, 5.74) is 3.90. The van der Waals surface area contributed by atoms with E-state index in [0.29, 0.717) is 51.4 Å². The number of benzene rings is 5. The number of carbonyl (C=O) groups excluding carboxylic acids is 1. The van der Waals surface area contributed by atoms with Crippen LogP contribution < -0.4 is 19.5 Å². The van der Waals surface area contributed by atoms with Gasteiger partial charge in [0.2, 0.25) is 5.88 Å². The molecular weight excluding hydrogens is 783 g/mol. The number of thioether (sulfide) groups is 1. The normalized spacial score (nSPS) is 11.2. The Morgan fingerprint density at radius 3 is 2.11 bits per heavy atom. The van der Waals surface area contributed by atoms with Gasteiger partial charge in [-0.2, -0.15) is 5.10 Å². The molecule has 0 atom stereocenters. The lowest BCUT2D eigenvalue weighted by molar-refractivity contribution is -0.697. The van der Waals surface area contributed by atoms with Crippen LogP contribution in [0.4, 0.5) is 5.69 Å². The number of hydrogen-bond acceptors (Lipinski definition) is 8. The number of tetrazole rings is 1. The topological polar surface area (TPSA) is 131 Å². The van der Waals surface area contributed by atoms with Crippen LogP contribution in [-0.4, -0.2) is 42.9 Å². The van der Waals surface area contributed by atoms with Crippen molar-refractivity contribution in [3.63, 3.8) is 0 Å². The molecule has 0 saturated carbocycles. The van der Waals surface area contributed by atoms with Crippen LogP contribution in [0.25, 0.3) is 22.1 Å². The second kappa shape index (κ2) is 21.9. The van der Waals surface area contributed by atoms with E-state index >= 15 is 0 Å². The maximum absolute atomic E-state index is 14.1. The molecule has 0 radical (unpaired) electrons. The van der Waals surface area contributed by atoms with Crippen molar-refractivity contribution < 1.29 is 24.1 Å². The van der Waals surface area contributed by atoms with Crippen LogP contribution >= 0.6 is 11.8 Å². The van der Waals surface area contributed by atoms with Crippen LogP contribution in [0, 0.1) is 6.92 Å². The van der Waals surface area contributed by atoms with Crippen molar-refractivity contribution in [1.29, 1.82) is 0 Å². The highest BCUT2D eigenvalue weighted by Gasteiger charge is 2.26. The second-order valence-electron chi connectivity index (χ2n) is 15.3. The third-order valence-electron chi connectivity index (χ3n) is 10.8. The van der Waals surface area contributed by atoms with Crippen LogP contribution in [0.2, 0.25) is 0 Å². The molecule has 1 amide bonds. The highest BCUT2D eigenvalue weighted by Crippen LogP contribution is 2.41. The third kappa shape index (κ3) is 11.2. The van der Waals surface area contributed by atoms with Crippen molar-refractivity contribution in [3.05, 3.63) is 132 Å². The summed E-state index contributed by atoms with van der Waals surface area (Å²) >= 11 is 1.49. The van der Waals surface area contributed by atoms with Crippen LogP contribution in [0.5, 0.6) is 23.1 Å². The van der Waals surface area contributed by atoms with E-state index in [1.807, 2.05) is 115 Å². The van der Waals surface area contributed by atoms with Gasteiger partial charge in [0, 0.05) is 22.1 Å². The van der Waals surface area contributed by atoms with E-state index < -0.39 is 5.91 Å². The lowest BCUT2D eigenvalue weighted by Crippen LogP contribution is -2.34. The zero-order valence-corrected chi connectivity index (χ0v) is 36.0. The van der Waals surface area contributed by atoms with Gasteiger partial charge in [0.05, 0.1) is 29.2 Å². The number of anilines is 1. The molecule has 7 aromatic rings. The summed E-state index contributed by atoms with van der Waals surface area (Å²) in [6, 6.07) is 36.0. The molecule has 3 N–H and O–H groups in total. The number of ether oxygens (including phenoxy) is 2. The van der Waals surface area contributed by atoms with Gasteiger partial charge in [-0.1, -0.05) is 156 Å². The largest absolute Gasteiger partial charge is 0.506 e. The number of aromatic amines is 1. The number of para-hydroxylation sites is 4. The van der Waals surface area contributed by atoms with Crippen LogP contribution in [0.1, 0.15) is 106 Å². The first-order valence-electron chi connectivity index (χ1n) is 21.6. The molecule has 0 fully saturated rings. The Hall–Kier alpha value is -6.14. The summed E-state index contributed by atoms with van der Waals surface area (Å²) in [5.74, 6) is 1.27. The molecule has 61 heavy (non-hydrogen) atoms. The number of phenolic OH excluding ortho intramolecular Hbond substituents is 1. The number of amides is 1. The van der Waals surface area contributed by atoms with Gasteiger partial charge >= 0.3 is 5.16 Å². The maximum Gasteiger partial charge on any atom is 0.365 e. The second-order valence-corrected chi connectivity index (χ2v) is 16.2. The molecule has 316 valence electrons. The first-order valence-corrected chi connectivity index (χ1v) is 22.6. The average molecular weight is 839 g/mol. The first-order chi connectivity index (χ1) is 30.0. The number of rotatable bonds is 23. The highest BCUT2D eigenvalue weighted by atomic mass is 32.2. The number of phenols is 1. The molecule has 2 aromatic heterocycles. The Bertz CT molecular complexity index is 2470. The molecule has 12 heteroatoms. The third-order valence-corrected chi connectivity index (χ3v) is 11.7. The van der Waals surface area contributed by atoms with E-state index in [9.17, 15) is 9.90 Å². The van der Waals surface area contributed by atoms with E-state index in [-0.39, 0.29) is 11.3 Å². The fraction of sp³-hybridized carbons (Fsp3) is 0.327. The van der Waals surface area contributed by atoms with Crippen molar-refractivity contribution in [2.75, 3.05) is 11.9 Å². The summed E-state index contributed by atoms with van der Waals surface area (Å²) in [5, 5.41) is 32.7. The van der Waals surface area contributed by atoms with Crippen LogP contribution in [-0.2, 0) is 5.75 Å².